The Morgan fingerprint density at radius 3 is 3.00 bits per heavy atom. The summed E-state index contributed by atoms with van der Waals surface area (Å²) < 4.78 is 5.44. The Labute approximate surface area is 86.2 Å². The highest BCUT2D eigenvalue weighted by molar-refractivity contribution is 5.10. The van der Waals surface area contributed by atoms with Crippen molar-refractivity contribution in [1.82, 2.24) is 5.32 Å². The summed E-state index contributed by atoms with van der Waals surface area (Å²) in [6, 6.07) is 0. The van der Waals surface area contributed by atoms with E-state index in [0.717, 1.165) is 38.2 Å². The molecule has 0 radical (unpaired) electrons. The Hall–Kier alpha value is -0.540. The lowest BCUT2D eigenvalue weighted by atomic mass is 10.0. The second-order valence-electron chi connectivity index (χ2n) is 4.01. The number of rotatable bonds is 5. The van der Waals surface area contributed by atoms with Gasteiger partial charge in [-0.1, -0.05) is 6.92 Å². The maximum Gasteiger partial charge on any atom is 0.131 e. The summed E-state index contributed by atoms with van der Waals surface area (Å²) in [6.45, 7) is 6.14. The first-order chi connectivity index (χ1) is 6.67. The Morgan fingerprint density at radius 2 is 2.43 bits per heavy atom. The molecule has 0 aliphatic carbocycles. The molecule has 2 N–H and O–H groups in total. The van der Waals surface area contributed by atoms with Gasteiger partial charge >= 0.3 is 0 Å². The van der Waals surface area contributed by atoms with Crippen LogP contribution in [-0.2, 0) is 4.74 Å². The molecule has 1 heterocycles. The third-order valence-electron chi connectivity index (χ3n) is 2.36. The summed E-state index contributed by atoms with van der Waals surface area (Å²) in [6.07, 6.45) is 5.15. The molecule has 0 bridgehead atoms. The molecule has 1 atom stereocenters. The topological polar surface area (TPSA) is 41.5 Å². The molecule has 0 amide bonds. The van der Waals surface area contributed by atoms with Gasteiger partial charge < -0.3 is 15.2 Å². The number of aliphatic hydroxyl groups is 1. The maximum atomic E-state index is 10.1. The zero-order valence-electron chi connectivity index (χ0n) is 9.18. The van der Waals surface area contributed by atoms with Crippen LogP contribution in [0.4, 0.5) is 0 Å². The normalized spacial score (nSPS) is 20.9. The first-order valence-electron chi connectivity index (χ1n) is 5.43. The molecule has 0 spiro atoms. The van der Waals surface area contributed by atoms with Crippen molar-refractivity contribution in [2.24, 2.45) is 0 Å². The van der Waals surface area contributed by atoms with Crippen LogP contribution in [-0.4, -0.2) is 30.4 Å². The van der Waals surface area contributed by atoms with Crippen LogP contribution in [0.15, 0.2) is 11.8 Å². The minimum absolute atomic E-state index is 0.562. The molecule has 1 unspecified atom stereocenters. The molecule has 3 heteroatoms. The lowest BCUT2D eigenvalue weighted by Gasteiger charge is -2.29. The maximum absolute atomic E-state index is 10.1. The number of nitrogens with one attached hydrogen (secondary N) is 1. The summed E-state index contributed by atoms with van der Waals surface area (Å²) in [5, 5.41) is 13.3. The Kier molecular flexibility index (Phi) is 4.42. The summed E-state index contributed by atoms with van der Waals surface area (Å²) in [5.41, 5.74) is -0.852. The van der Waals surface area contributed by atoms with Crippen LogP contribution >= 0.6 is 0 Å². The fourth-order valence-corrected chi connectivity index (χ4v) is 1.53. The Morgan fingerprint density at radius 1 is 1.64 bits per heavy atom. The Bertz CT molecular complexity index is 199. The van der Waals surface area contributed by atoms with Gasteiger partial charge in [0.25, 0.3) is 0 Å². The average molecular weight is 199 g/mol. The van der Waals surface area contributed by atoms with E-state index in [1.165, 1.54) is 0 Å². The van der Waals surface area contributed by atoms with E-state index >= 15 is 0 Å². The zero-order valence-corrected chi connectivity index (χ0v) is 9.18. The van der Waals surface area contributed by atoms with Crippen molar-refractivity contribution >= 4 is 0 Å². The monoisotopic (exact) mass is 199 g/mol. The predicted octanol–water partition coefficient (Wildman–Crippen LogP) is 1.43. The van der Waals surface area contributed by atoms with E-state index < -0.39 is 5.60 Å². The van der Waals surface area contributed by atoms with Crippen LogP contribution in [0.25, 0.3) is 0 Å². The van der Waals surface area contributed by atoms with Gasteiger partial charge in [0.05, 0.1) is 6.61 Å². The molecule has 0 fully saturated rings. The van der Waals surface area contributed by atoms with Gasteiger partial charge in [-0.15, -0.1) is 0 Å². The van der Waals surface area contributed by atoms with Crippen LogP contribution in [0, 0.1) is 0 Å². The van der Waals surface area contributed by atoms with Gasteiger partial charge in [-0.3, -0.25) is 0 Å². The van der Waals surface area contributed by atoms with Crippen molar-refractivity contribution < 1.29 is 9.84 Å². The van der Waals surface area contributed by atoms with Crippen molar-refractivity contribution in [1.29, 1.82) is 0 Å². The molecule has 0 aromatic carbocycles. The second-order valence-corrected chi connectivity index (χ2v) is 4.01. The molecule has 3 nitrogen and oxygen atoms in total. The molecule has 1 aliphatic rings. The minimum Gasteiger partial charge on any atom is -0.495 e. The van der Waals surface area contributed by atoms with Crippen molar-refractivity contribution in [2.45, 2.75) is 38.7 Å². The summed E-state index contributed by atoms with van der Waals surface area (Å²) in [5.74, 6) is 0.729. The van der Waals surface area contributed by atoms with E-state index in [2.05, 4.69) is 12.2 Å². The van der Waals surface area contributed by atoms with Crippen LogP contribution < -0.4 is 5.32 Å². The fraction of sp³-hybridized carbons (Fsp3) is 0.818. The molecule has 1 rings (SSSR count). The highest BCUT2D eigenvalue weighted by Gasteiger charge is 2.27. The quantitative estimate of drug-likeness (QED) is 0.658. The van der Waals surface area contributed by atoms with Gasteiger partial charge in [-0.2, -0.15) is 0 Å². The van der Waals surface area contributed by atoms with Gasteiger partial charge in [-0.05, 0) is 38.8 Å². The van der Waals surface area contributed by atoms with E-state index in [9.17, 15) is 5.11 Å². The number of ether oxygens (including phenoxy) is 1. The van der Waals surface area contributed by atoms with Gasteiger partial charge in [-0.25, -0.2) is 0 Å². The standard InChI is InChI=1S/C11H21NO2/c1-3-7-12-9-11(2,13)10-6-4-5-8-14-10/h6,12-13H,3-5,7-9H2,1-2H3. The van der Waals surface area contributed by atoms with Crippen LogP contribution in [0.1, 0.15) is 33.1 Å². The molecular formula is C11H21NO2. The average Bonchev–Trinajstić information content (AvgIpc) is 2.19. The third-order valence-corrected chi connectivity index (χ3v) is 2.36. The highest BCUT2D eigenvalue weighted by atomic mass is 16.5. The molecule has 14 heavy (non-hydrogen) atoms. The van der Waals surface area contributed by atoms with Crippen molar-refractivity contribution in [3.63, 3.8) is 0 Å². The van der Waals surface area contributed by atoms with Crippen LogP contribution in [0.3, 0.4) is 0 Å². The van der Waals surface area contributed by atoms with Crippen molar-refractivity contribution in [3.05, 3.63) is 11.8 Å². The van der Waals surface area contributed by atoms with Crippen molar-refractivity contribution in [2.75, 3.05) is 19.7 Å². The highest BCUT2D eigenvalue weighted by Crippen LogP contribution is 2.21. The molecule has 82 valence electrons. The van der Waals surface area contributed by atoms with Gasteiger partial charge in [0.2, 0.25) is 0 Å². The van der Waals surface area contributed by atoms with E-state index in [4.69, 9.17) is 4.74 Å². The first kappa shape index (κ1) is 11.5. The second kappa shape index (κ2) is 5.37. The van der Waals surface area contributed by atoms with Gasteiger partial charge in [0.1, 0.15) is 11.4 Å². The molecule has 0 aromatic rings. The lowest BCUT2D eigenvalue weighted by molar-refractivity contribution is 0.0188. The van der Waals surface area contributed by atoms with E-state index in [1.807, 2.05) is 6.08 Å². The van der Waals surface area contributed by atoms with E-state index in [1.54, 1.807) is 6.92 Å². The summed E-state index contributed by atoms with van der Waals surface area (Å²) in [4.78, 5) is 0. The largest absolute Gasteiger partial charge is 0.495 e. The van der Waals surface area contributed by atoms with Crippen LogP contribution in [0.5, 0.6) is 0 Å². The molecule has 0 saturated carbocycles. The van der Waals surface area contributed by atoms with E-state index in [-0.39, 0.29) is 0 Å². The summed E-state index contributed by atoms with van der Waals surface area (Å²) >= 11 is 0. The zero-order chi connectivity index (χ0) is 10.4. The minimum atomic E-state index is -0.852. The number of hydrogen-bond acceptors (Lipinski definition) is 3. The molecule has 0 saturated heterocycles. The SMILES string of the molecule is CCCNCC(C)(O)C1=CCCCO1. The molecule has 0 aromatic heterocycles. The van der Waals surface area contributed by atoms with Crippen molar-refractivity contribution in [3.8, 4) is 0 Å². The van der Waals surface area contributed by atoms with Crippen LogP contribution in [0.2, 0.25) is 0 Å². The number of allylic oxidation sites excluding steroid dienone is 1. The first-order valence-corrected chi connectivity index (χ1v) is 5.43. The van der Waals surface area contributed by atoms with Gasteiger partial charge in [0.15, 0.2) is 0 Å². The van der Waals surface area contributed by atoms with Gasteiger partial charge in [0, 0.05) is 6.54 Å². The number of hydrogen-bond donors (Lipinski definition) is 2. The fourth-order valence-electron chi connectivity index (χ4n) is 1.53. The lowest BCUT2D eigenvalue weighted by Crippen LogP contribution is -2.41. The molecule has 1 aliphatic heterocycles. The summed E-state index contributed by atoms with van der Waals surface area (Å²) in [7, 11) is 0. The third kappa shape index (κ3) is 3.31. The van der Waals surface area contributed by atoms with E-state index in [0.29, 0.717) is 6.54 Å². The Balaban J connectivity index is 2.41. The predicted molar refractivity (Wildman–Crippen MR) is 57.1 cm³/mol. The molecular weight excluding hydrogens is 178 g/mol. The smallest absolute Gasteiger partial charge is 0.131 e.